The molecule has 0 saturated carbocycles. The predicted octanol–water partition coefficient (Wildman–Crippen LogP) is 3.71. The van der Waals surface area contributed by atoms with Gasteiger partial charge in [-0.3, -0.25) is 4.79 Å². The first kappa shape index (κ1) is 14.3. The minimum Gasteiger partial charge on any atom is -0.469 e. The molecule has 0 fully saturated rings. The fourth-order valence-electron chi connectivity index (χ4n) is 1.30. The van der Waals surface area contributed by atoms with Gasteiger partial charge in [0.2, 0.25) is 0 Å². The van der Waals surface area contributed by atoms with E-state index in [1.165, 1.54) is 7.11 Å². The van der Waals surface area contributed by atoms with E-state index in [1.807, 2.05) is 26.0 Å². The first-order valence-corrected chi connectivity index (χ1v) is 6.32. The van der Waals surface area contributed by atoms with E-state index < -0.39 is 5.41 Å². The summed E-state index contributed by atoms with van der Waals surface area (Å²) in [7, 11) is 1.39. The maximum absolute atomic E-state index is 11.5. The Morgan fingerprint density at radius 1 is 1.53 bits per heavy atom. The summed E-state index contributed by atoms with van der Waals surface area (Å²) in [6.45, 7) is 4.12. The summed E-state index contributed by atoms with van der Waals surface area (Å²) >= 11 is 9.37. The summed E-state index contributed by atoms with van der Waals surface area (Å²) in [5.41, 5.74) is 0.269. The third-order valence-electron chi connectivity index (χ3n) is 2.41. The summed E-state index contributed by atoms with van der Waals surface area (Å²) in [4.78, 5) is 11.5. The van der Waals surface area contributed by atoms with Crippen molar-refractivity contribution in [3.63, 3.8) is 0 Å². The van der Waals surface area contributed by atoms with E-state index in [1.54, 1.807) is 6.07 Å². The Morgan fingerprint density at radius 2 is 2.18 bits per heavy atom. The Labute approximate surface area is 115 Å². The van der Waals surface area contributed by atoms with Gasteiger partial charge in [-0.15, -0.1) is 0 Å². The molecule has 0 saturated heterocycles. The molecule has 1 N–H and O–H groups in total. The molecule has 0 aliphatic heterocycles. The van der Waals surface area contributed by atoms with Crippen molar-refractivity contribution in [2.75, 3.05) is 19.0 Å². The van der Waals surface area contributed by atoms with Gasteiger partial charge >= 0.3 is 5.97 Å². The zero-order chi connectivity index (χ0) is 13.1. The number of halogens is 2. The van der Waals surface area contributed by atoms with Crippen molar-refractivity contribution in [2.24, 2.45) is 5.41 Å². The van der Waals surface area contributed by atoms with Gasteiger partial charge in [0.15, 0.2) is 0 Å². The normalized spacial score (nSPS) is 11.1. The number of benzene rings is 1. The van der Waals surface area contributed by atoms with Crippen LogP contribution in [-0.4, -0.2) is 19.6 Å². The highest BCUT2D eigenvalue weighted by Crippen LogP contribution is 2.31. The maximum atomic E-state index is 11.5. The zero-order valence-electron chi connectivity index (χ0n) is 10.0. The van der Waals surface area contributed by atoms with Gasteiger partial charge in [0.25, 0.3) is 0 Å². The number of rotatable bonds is 4. The molecule has 0 atom stereocenters. The summed E-state index contributed by atoms with van der Waals surface area (Å²) in [5, 5.41) is 3.81. The van der Waals surface area contributed by atoms with Crippen molar-refractivity contribution in [1.82, 2.24) is 0 Å². The smallest absolute Gasteiger partial charge is 0.313 e. The molecule has 17 heavy (non-hydrogen) atoms. The molecule has 0 aliphatic rings. The van der Waals surface area contributed by atoms with Crippen LogP contribution in [0.5, 0.6) is 0 Å². The Bertz CT molecular complexity index is 421. The molecule has 0 aromatic heterocycles. The van der Waals surface area contributed by atoms with Crippen LogP contribution in [0.25, 0.3) is 0 Å². The second-order valence-electron chi connectivity index (χ2n) is 4.33. The number of methoxy groups -OCH3 is 1. The number of anilines is 1. The van der Waals surface area contributed by atoms with Crippen molar-refractivity contribution >= 4 is 39.2 Å². The lowest BCUT2D eigenvalue weighted by Crippen LogP contribution is -2.33. The number of esters is 1. The van der Waals surface area contributed by atoms with E-state index in [2.05, 4.69) is 21.2 Å². The van der Waals surface area contributed by atoms with E-state index in [0.717, 1.165) is 10.2 Å². The van der Waals surface area contributed by atoms with Crippen LogP contribution in [0.2, 0.25) is 5.02 Å². The van der Waals surface area contributed by atoms with E-state index in [-0.39, 0.29) is 5.97 Å². The summed E-state index contributed by atoms with van der Waals surface area (Å²) < 4.78 is 5.53. The molecular weight excluding hydrogens is 305 g/mol. The summed E-state index contributed by atoms with van der Waals surface area (Å²) in [5.74, 6) is -0.247. The zero-order valence-corrected chi connectivity index (χ0v) is 12.4. The van der Waals surface area contributed by atoms with Gasteiger partial charge in [0.1, 0.15) is 0 Å². The van der Waals surface area contributed by atoms with Crippen LogP contribution < -0.4 is 5.32 Å². The predicted molar refractivity (Wildman–Crippen MR) is 73.4 cm³/mol. The van der Waals surface area contributed by atoms with E-state index in [0.29, 0.717) is 11.6 Å². The Kier molecular flexibility index (Phi) is 4.83. The highest BCUT2D eigenvalue weighted by molar-refractivity contribution is 9.10. The Hall–Kier alpha value is -0.740. The first-order valence-electron chi connectivity index (χ1n) is 5.15. The van der Waals surface area contributed by atoms with Crippen LogP contribution >= 0.6 is 27.5 Å². The van der Waals surface area contributed by atoms with Crippen LogP contribution in [0.4, 0.5) is 5.69 Å². The molecule has 1 aromatic carbocycles. The second-order valence-corrected chi connectivity index (χ2v) is 5.53. The quantitative estimate of drug-likeness (QED) is 0.859. The molecule has 94 valence electrons. The molecule has 0 radical (unpaired) electrons. The van der Waals surface area contributed by atoms with Crippen LogP contribution in [0, 0.1) is 5.41 Å². The SMILES string of the molecule is COC(=O)C(C)(C)CNc1cccc(Cl)c1Br. The third-order valence-corrected chi connectivity index (χ3v) is 3.81. The van der Waals surface area contributed by atoms with Crippen LogP contribution in [0.15, 0.2) is 22.7 Å². The molecule has 1 rings (SSSR count). The minimum atomic E-state index is -0.587. The van der Waals surface area contributed by atoms with Gasteiger partial charge in [0, 0.05) is 12.2 Å². The molecule has 5 heteroatoms. The monoisotopic (exact) mass is 319 g/mol. The van der Waals surface area contributed by atoms with Crippen molar-refractivity contribution < 1.29 is 9.53 Å². The van der Waals surface area contributed by atoms with E-state index in [9.17, 15) is 4.79 Å². The van der Waals surface area contributed by atoms with Crippen molar-refractivity contribution in [3.05, 3.63) is 27.7 Å². The number of hydrogen-bond donors (Lipinski definition) is 1. The number of carbonyl (C=O) groups excluding carboxylic acids is 1. The van der Waals surface area contributed by atoms with Crippen LogP contribution in [0.3, 0.4) is 0 Å². The molecule has 0 aliphatic carbocycles. The third kappa shape index (κ3) is 3.61. The standard InChI is InChI=1S/C12H15BrClNO2/c1-12(2,11(16)17-3)7-15-9-6-4-5-8(14)10(9)13/h4-6,15H,7H2,1-3H3. The van der Waals surface area contributed by atoms with Gasteiger partial charge in [-0.05, 0) is 41.9 Å². The topological polar surface area (TPSA) is 38.3 Å². The average Bonchev–Trinajstić information content (AvgIpc) is 2.30. The van der Waals surface area contributed by atoms with Crippen molar-refractivity contribution in [1.29, 1.82) is 0 Å². The van der Waals surface area contributed by atoms with Gasteiger partial charge in [-0.1, -0.05) is 17.7 Å². The van der Waals surface area contributed by atoms with Crippen molar-refractivity contribution in [3.8, 4) is 0 Å². The van der Waals surface area contributed by atoms with Crippen molar-refractivity contribution in [2.45, 2.75) is 13.8 Å². The molecule has 0 unspecified atom stereocenters. The summed E-state index contributed by atoms with van der Waals surface area (Å²) in [6.07, 6.45) is 0. The van der Waals surface area contributed by atoms with Gasteiger partial charge in [0.05, 0.1) is 22.0 Å². The Balaban J connectivity index is 2.74. The van der Waals surface area contributed by atoms with E-state index >= 15 is 0 Å². The number of ether oxygens (including phenoxy) is 1. The first-order chi connectivity index (χ1) is 7.88. The largest absolute Gasteiger partial charge is 0.469 e. The van der Waals surface area contributed by atoms with Crippen LogP contribution in [0.1, 0.15) is 13.8 Å². The maximum Gasteiger partial charge on any atom is 0.313 e. The molecule has 0 heterocycles. The lowest BCUT2D eigenvalue weighted by Gasteiger charge is -2.22. The van der Waals surface area contributed by atoms with Gasteiger partial charge in [-0.2, -0.15) is 0 Å². The number of nitrogens with one attached hydrogen (secondary N) is 1. The highest BCUT2D eigenvalue weighted by Gasteiger charge is 2.28. The highest BCUT2D eigenvalue weighted by atomic mass is 79.9. The lowest BCUT2D eigenvalue weighted by atomic mass is 9.93. The fraction of sp³-hybridized carbons (Fsp3) is 0.417. The minimum absolute atomic E-state index is 0.247. The number of carbonyl (C=O) groups is 1. The van der Waals surface area contributed by atoms with Crippen LogP contribution in [-0.2, 0) is 9.53 Å². The van der Waals surface area contributed by atoms with E-state index in [4.69, 9.17) is 16.3 Å². The van der Waals surface area contributed by atoms with Gasteiger partial charge in [-0.25, -0.2) is 0 Å². The molecular formula is C12H15BrClNO2. The average molecular weight is 321 g/mol. The van der Waals surface area contributed by atoms with Gasteiger partial charge < -0.3 is 10.1 Å². The fourth-order valence-corrected chi connectivity index (χ4v) is 1.88. The molecule has 0 bridgehead atoms. The lowest BCUT2D eigenvalue weighted by molar-refractivity contribution is -0.149. The molecule has 3 nitrogen and oxygen atoms in total. The molecule has 0 spiro atoms. The number of hydrogen-bond acceptors (Lipinski definition) is 3. The molecule has 1 aromatic rings. The molecule has 0 amide bonds. The second kappa shape index (κ2) is 5.74. The Morgan fingerprint density at radius 3 is 2.76 bits per heavy atom. The summed E-state index contributed by atoms with van der Waals surface area (Å²) in [6, 6.07) is 5.53.